The van der Waals surface area contributed by atoms with Gasteiger partial charge in [0.15, 0.2) is 0 Å². The Morgan fingerprint density at radius 2 is 2.10 bits per heavy atom. The molecule has 2 bridgehead atoms. The number of aromatic nitrogens is 2. The number of piperidine rings is 1. The molecule has 4 heterocycles. The van der Waals surface area contributed by atoms with E-state index in [0.717, 1.165) is 31.7 Å². The van der Waals surface area contributed by atoms with Gasteiger partial charge in [-0.2, -0.15) is 4.31 Å². The van der Waals surface area contributed by atoms with Gasteiger partial charge in [0, 0.05) is 38.1 Å². The molecule has 0 aromatic carbocycles. The summed E-state index contributed by atoms with van der Waals surface area (Å²) in [5, 5.41) is 0. The lowest BCUT2D eigenvalue weighted by Gasteiger charge is -2.34. The quantitative estimate of drug-likeness (QED) is 0.833. The van der Waals surface area contributed by atoms with Crippen molar-refractivity contribution in [3.8, 4) is 0 Å². The van der Waals surface area contributed by atoms with Gasteiger partial charge in [-0.15, -0.1) is 0 Å². The number of anilines is 1. The summed E-state index contributed by atoms with van der Waals surface area (Å²) in [6, 6.07) is 0.0716. The van der Waals surface area contributed by atoms with Gasteiger partial charge in [-0.3, -0.25) is 4.98 Å². The van der Waals surface area contributed by atoms with E-state index in [1.165, 1.54) is 0 Å². The van der Waals surface area contributed by atoms with E-state index in [1.807, 2.05) is 6.92 Å². The maximum Gasteiger partial charge on any atom is 0.214 e. The SMILES string of the molecule is CCCS(=O)(=O)N1C[C@H]2CC[C@@H]1CN(c1cnccn1)C2. The minimum Gasteiger partial charge on any atom is -0.353 e. The number of rotatable bonds is 4. The fourth-order valence-electron chi connectivity index (χ4n) is 3.40. The van der Waals surface area contributed by atoms with Crippen LogP contribution in [0.15, 0.2) is 18.6 Å². The van der Waals surface area contributed by atoms with Gasteiger partial charge in [-0.25, -0.2) is 13.4 Å². The highest BCUT2D eigenvalue weighted by molar-refractivity contribution is 7.89. The second-order valence-electron chi connectivity index (χ2n) is 5.95. The summed E-state index contributed by atoms with van der Waals surface area (Å²) < 4.78 is 26.7. The molecule has 1 aromatic rings. The predicted octanol–water partition coefficient (Wildman–Crippen LogP) is 1.12. The second kappa shape index (κ2) is 5.88. The van der Waals surface area contributed by atoms with Crippen molar-refractivity contribution in [2.24, 2.45) is 5.92 Å². The van der Waals surface area contributed by atoms with Crippen LogP contribution in [0.25, 0.3) is 0 Å². The molecular formula is C14H22N4O2S. The molecule has 0 aliphatic carbocycles. The van der Waals surface area contributed by atoms with Crippen LogP contribution in [0.1, 0.15) is 26.2 Å². The number of hydrogen-bond donors (Lipinski definition) is 0. The molecule has 0 amide bonds. The molecule has 21 heavy (non-hydrogen) atoms. The number of hydrogen-bond acceptors (Lipinski definition) is 5. The molecule has 6 nitrogen and oxygen atoms in total. The summed E-state index contributed by atoms with van der Waals surface area (Å²) in [5.74, 6) is 1.49. The maximum atomic E-state index is 12.5. The summed E-state index contributed by atoms with van der Waals surface area (Å²) in [7, 11) is -3.12. The van der Waals surface area contributed by atoms with E-state index in [4.69, 9.17) is 0 Å². The van der Waals surface area contributed by atoms with Crippen molar-refractivity contribution in [3.05, 3.63) is 18.6 Å². The second-order valence-corrected chi connectivity index (χ2v) is 7.99. The van der Waals surface area contributed by atoms with Crippen LogP contribution in [0.4, 0.5) is 5.82 Å². The van der Waals surface area contributed by atoms with Crippen molar-refractivity contribution < 1.29 is 8.42 Å². The Kier molecular flexibility index (Phi) is 4.12. The lowest BCUT2D eigenvalue weighted by molar-refractivity contribution is 0.230. The Labute approximate surface area is 126 Å². The monoisotopic (exact) mass is 310 g/mol. The van der Waals surface area contributed by atoms with Gasteiger partial charge in [0.25, 0.3) is 0 Å². The highest BCUT2D eigenvalue weighted by Crippen LogP contribution is 2.31. The number of fused-ring (bicyclic) bond motifs is 4. The zero-order valence-electron chi connectivity index (χ0n) is 12.4. The minimum atomic E-state index is -3.12. The minimum absolute atomic E-state index is 0.0716. The van der Waals surface area contributed by atoms with Crippen LogP contribution in [0.3, 0.4) is 0 Å². The van der Waals surface area contributed by atoms with E-state index < -0.39 is 10.0 Å². The molecule has 0 saturated carbocycles. The molecule has 0 unspecified atom stereocenters. The van der Waals surface area contributed by atoms with Crippen LogP contribution >= 0.6 is 0 Å². The third-order valence-electron chi connectivity index (χ3n) is 4.36. The van der Waals surface area contributed by atoms with Gasteiger partial charge in [-0.05, 0) is 25.2 Å². The van der Waals surface area contributed by atoms with Gasteiger partial charge in [0.1, 0.15) is 5.82 Å². The highest BCUT2D eigenvalue weighted by Gasteiger charge is 2.40. The van der Waals surface area contributed by atoms with Crippen molar-refractivity contribution in [2.75, 3.05) is 30.3 Å². The molecule has 0 spiro atoms. The molecular weight excluding hydrogens is 288 g/mol. The highest BCUT2D eigenvalue weighted by atomic mass is 32.2. The average molecular weight is 310 g/mol. The Balaban J connectivity index is 1.83. The first-order chi connectivity index (χ1) is 10.1. The van der Waals surface area contributed by atoms with Gasteiger partial charge in [0.2, 0.25) is 10.0 Å². The lowest BCUT2D eigenvalue weighted by atomic mass is 9.97. The molecule has 116 valence electrons. The van der Waals surface area contributed by atoms with E-state index in [1.54, 1.807) is 22.9 Å². The van der Waals surface area contributed by atoms with Crippen LogP contribution in [0.2, 0.25) is 0 Å². The Bertz CT molecular complexity index is 578. The van der Waals surface area contributed by atoms with Crippen LogP contribution in [0.5, 0.6) is 0 Å². The largest absolute Gasteiger partial charge is 0.353 e. The third-order valence-corrected chi connectivity index (χ3v) is 6.44. The Morgan fingerprint density at radius 1 is 1.24 bits per heavy atom. The van der Waals surface area contributed by atoms with Crippen molar-refractivity contribution in [1.82, 2.24) is 14.3 Å². The predicted molar refractivity (Wildman–Crippen MR) is 81.5 cm³/mol. The molecule has 3 saturated heterocycles. The van der Waals surface area contributed by atoms with Crippen molar-refractivity contribution in [2.45, 2.75) is 32.2 Å². The molecule has 1 aromatic heterocycles. The number of sulfonamides is 1. The summed E-state index contributed by atoms with van der Waals surface area (Å²) in [6.07, 6.45) is 7.82. The Morgan fingerprint density at radius 3 is 2.81 bits per heavy atom. The van der Waals surface area contributed by atoms with Crippen LogP contribution < -0.4 is 4.90 Å². The molecule has 3 aliphatic rings. The topological polar surface area (TPSA) is 66.4 Å². The fraction of sp³-hybridized carbons (Fsp3) is 0.714. The van der Waals surface area contributed by atoms with Crippen LogP contribution in [-0.2, 0) is 10.0 Å². The fourth-order valence-corrected chi connectivity index (χ4v) is 5.21. The third kappa shape index (κ3) is 3.03. The standard InChI is InChI=1S/C14H22N4O2S/c1-2-7-21(19,20)18-10-12-3-4-13(18)11-17(9-12)14-8-15-5-6-16-14/h5-6,8,12-13H,2-4,7,9-11H2,1H3/t12-,13+/m0/s1. The van der Waals surface area contributed by atoms with Crippen molar-refractivity contribution in [3.63, 3.8) is 0 Å². The zero-order valence-corrected chi connectivity index (χ0v) is 13.2. The molecule has 4 rings (SSSR count). The van der Waals surface area contributed by atoms with E-state index in [9.17, 15) is 8.42 Å². The van der Waals surface area contributed by atoms with E-state index in [-0.39, 0.29) is 11.8 Å². The maximum absolute atomic E-state index is 12.5. The molecule has 3 fully saturated rings. The van der Waals surface area contributed by atoms with E-state index in [0.29, 0.717) is 18.9 Å². The Hall–Kier alpha value is -1.21. The van der Waals surface area contributed by atoms with E-state index >= 15 is 0 Å². The first-order valence-corrected chi connectivity index (χ1v) is 9.21. The normalized spacial score (nSPS) is 26.8. The summed E-state index contributed by atoms with van der Waals surface area (Å²) in [4.78, 5) is 10.7. The molecule has 3 aliphatic heterocycles. The molecule has 0 radical (unpaired) electrons. The van der Waals surface area contributed by atoms with Gasteiger partial charge < -0.3 is 4.90 Å². The first-order valence-electron chi connectivity index (χ1n) is 7.60. The van der Waals surface area contributed by atoms with Gasteiger partial charge >= 0.3 is 0 Å². The van der Waals surface area contributed by atoms with Crippen molar-refractivity contribution >= 4 is 15.8 Å². The van der Waals surface area contributed by atoms with E-state index in [2.05, 4.69) is 14.9 Å². The molecule has 0 N–H and O–H groups in total. The van der Waals surface area contributed by atoms with Crippen molar-refractivity contribution in [1.29, 1.82) is 0 Å². The van der Waals surface area contributed by atoms with Gasteiger partial charge in [-0.1, -0.05) is 6.92 Å². The number of nitrogens with zero attached hydrogens (tertiary/aromatic N) is 4. The smallest absolute Gasteiger partial charge is 0.214 e. The van der Waals surface area contributed by atoms with Crippen LogP contribution in [-0.4, -0.2) is 54.1 Å². The van der Waals surface area contributed by atoms with Crippen LogP contribution in [0, 0.1) is 5.92 Å². The summed E-state index contributed by atoms with van der Waals surface area (Å²) in [5.41, 5.74) is 0. The summed E-state index contributed by atoms with van der Waals surface area (Å²) >= 11 is 0. The zero-order chi connectivity index (χ0) is 14.9. The summed E-state index contributed by atoms with van der Waals surface area (Å²) in [6.45, 7) is 4.16. The molecule has 2 atom stereocenters. The van der Waals surface area contributed by atoms with Gasteiger partial charge in [0.05, 0.1) is 11.9 Å². The molecule has 7 heteroatoms. The first kappa shape index (κ1) is 14.7. The lowest BCUT2D eigenvalue weighted by Crippen LogP contribution is -2.48. The average Bonchev–Trinajstić information content (AvgIpc) is 2.80.